The fraction of sp³-hybridized carbons (Fsp3) is 0.571. The maximum Gasteiger partial charge on any atom is 0.233 e. The topological polar surface area (TPSA) is 64.0 Å². The summed E-state index contributed by atoms with van der Waals surface area (Å²) in [4.78, 5) is 0. The molecule has 0 bridgehead atoms. The van der Waals surface area contributed by atoms with Crippen LogP contribution in [0.3, 0.4) is 0 Å². The Morgan fingerprint density at radius 1 is 1.62 bits per heavy atom. The third-order valence-electron chi connectivity index (χ3n) is 1.55. The summed E-state index contributed by atoms with van der Waals surface area (Å²) in [6.45, 7) is 1.82. The van der Waals surface area contributed by atoms with Crippen molar-refractivity contribution in [3.63, 3.8) is 0 Å². The Labute approximate surface area is 77.8 Å². The minimum atomic E-state index is -3.19. The molecule has 0 atom stereocenters. The number of aromatic nitrogens is 2. The van der Waals surface area contributed by atoms with E-state index in [2.05, 4.69) is 9.82 Å². The average molecular weight is 203 g/mol. The van der Waals surface area contributed by atoms with E-state index in [-0.39, 0.29) is 5.75 Å². The molecule has 0 aliphatic heterocycles. The highest BCUT2D eigenvalue weighted by atomic mass is 32.2. The van der Waals surface area contributed by atoms with Crippen LogP contribution < -0.4 is 4.72 Å². The maximum absolute atomic E-state index is 11.3. The molecule has 0 radical (unpaired) electrons. The van der Waals surface area contributed by atoms with Gasteiger partial charge in [0.05, 0.1) is 11.9 Å². The van der Waals surface area contributed by atoms with Crippen molar-refractivity contribution in [3.8, 4) is 0 Å². The van der Waals surface area contributed by atoms with Gasteiger partial charge in [-0.05, 0) is 6.42 Å². The Kier molecular flexibility index (Phi) is 2.92. The summed E-state index contributed by atoms with van der Waals surface area (Å²) in [5.74, 6) is 0.631. The van der Waals surface area contributed by atoms with Gasteiger partial charge in [-0.25, -0.2) is 8.42 Å². The summed E-state index contributed by atoms with van der Waals surface area (Å²) < 4.78 is 26.5. The molecule has 5 nitrogen and oxygen atoms in total. The van der Waals surface area contributed by atoms with Crippen LogP contribution >= 0.6 is 0 Å². The van der Waals surface area contributed by atoms with E-state index in [4.69, 9.17) is 0 Å². The minimum Gasteiger partial charge on any atom is -0.268 e. The van der Waals surface area contributed by atoms with Gasteiger partial charge in [-0.1, -0.05) is 6.92 Å². The van der Waals surface area contributed by atoms with Crippen molar-refractivity contribution in [1.82, 2.24) is 9.78 Å². The predicted octanol–water partition coefficient (Wildman–Crippen LogP) is 0.572. The van der Waals surface area contributed by atoms with E-state index in [0.29, 0.717) is 12.2 Å². The van der Waals surface area contributed by atoms with Gasteiger partial charge in [-0.2, -0.15) is 5.10 Å². The van der Waals surface area contributed by atoms with Gasteiger partial charge in [-0.3, -0.25) is 9.40 Å². The Bertz CT molecular complexity index is 369. The second kappa shape index (κ2) is 3.78. The van der Waals surface area contributed by atoms with Gasteiger partial charge in [0.2, 0.25) is 10.0 Å². The molecule has 1 rings (SSSR count). The van der Waals surface area contributed by atoms with Gasteiger partial charge < -0.3 is 0 Å². The van der Waals surface area contributed by atoms with Crippen LogP contribution in [0.2, 0.25) is 0 Å². The van der Waals surface area contributed by atoms with E-state index < -0.39 is 10.0 Å². The first-order chi connectivity index (χ1) is 6.05. The smallest absolute Gasteiger partial charge is 0.233 e. The molecule has 0 aromatic carbocycles. The molecular weight excluding hydrogens is 190 g/mol. The first-order valence-electron chi connectivity index (χ1n) is 4.03. The van der Waals surface area contributed by atoms with Gasteiger partial charge in [0.1, 0.15) is 5.82 Å². The molecule has 0 saturated heterocycles. The van der Waals surface area contributed by atoms with Crippen molar-refractivity contribution < 1.29 is 8.42 Å². The van der Waals surface area contributed by atoms with Crippen LogP contribution in [0.1, 0.15) is 13.3 Å². The Balaban J connectivity index is 2.75. The molecule has 1 N–H and O–H groups in total. The van der Waals surface area contributed by atoms with Gasteiger partial charge in [0, 0.05) is 13.1 Å². The van der Waals surface area contributed by atoms with Crippen molar-refractivity contribution in [2.24, 2.45) is 7.05 Å². The van der Waals surface area contributed by atoms with E-state index >= 15 is 0 Å². The molecule has 13 heavy (non-hydrogen) atoms. The lowest BCUT2D eigenvalue weighted by molar-refractivity contribution is 0.599. The number of rotatable bonds is 4. The lowest BCUT2D eigenvalue weighted by atomic mass is 10.6. The second-order valence-corrected chi connectivity index (χ2v) is 4.60. The molecule has 0 unspecified atom stereocenters. The number of hydrogen-bond acceptors (Lipinski definition) is 3. The van der Waals surface area contributed by atoms with Gasteiger partial charge in [0.15, 0.2) is 0 Å². The Morgan fingerprint density at radius 2 is 2.31 bits per heavy atom. The molecule has 0 fully saturated rings. The van der Waals surface area contributed by atoms with Gasteiger partial charge in [0.25, 0.3) is 0 Å². The largest absolute Gasteiger partial charge is 0.268 e. The van der Waals surface area contributed by atoms with E-state index in [1.54, 1.807) is 19.3 Å². The highest BCUT2D eigenvalue weighted by Gasteiger charge is 2.10. The zero-order chi connectivity index (χ0) is 9.90. The SMILES string of the molecule is CCCS(=O)(=O)Nc1ccnn1C. The molecule has 74 valence electrons. The molecule has 1 aromatic heterocycles. The molecule has 1 aromatic rings. The summed E-state index contributed by atoms with van der Waals surface area (Å²) >= 11 is 0. The van der Waals surface area contributed by atoms with Crippen LogP contribution in [0.15, 0.2) is 12.3 Å². The van der Waals surface area contributed by atoms with E-state index in [0.717, 1.165) is 0 Å². The fourth-order valence-electron chi connectivity index (χ4n) is 0.953. The summed E-state index contributed by atoms with van der Waals surface area (Å²) in [6, 6.07) is 1.62. The van der Waals surface area contributed by atoms with Crippen molar-refractivity contribution >= 4 is 15.8 Å². The molecule has 0 aliphatic rings. The molecule has 6 heteroatoms. The van der Waals surface area contributed by atoms with Crippen molar-refractivity contribution in [1.29, 1.82) is 0 Å². The summed E-state index contributed by atoms with van der Waals surface area (Å²) in [5, 5.41) is 3.85. The van der Waals surface area contributed by atoms with Crippen LogP contribution in [0.25, 0.3) is 0 Å². The third-order valence-corrected chi connectivity index (χ3v) is 3.02. The first-order valence-corrected chi connectivity index (χ1v) is 5.69. The quantitative estimate of drug-likeness (QED) is 0.778. The van der Waals surface area contributed by atoms with Gasteiger partial charge in [-0.15, -0.1) is 0 Å². The van der Waals surface area contributed by atoms with Crippen molar-refractivity contribution in [3.05, 3.63) is 12.3 Å². The highest BCUT2D eigenvalue weighted by Crippen LogP contribution is 2.06. The molecule has 0 aliphatic carbocycles. The van der Waals surface area contributed by atoms with Crippen molar-refractivity contribution in [2.45, 2.75) is 13.3 Å². The van der Waals surface area contributed by atoms with Crippen molar-refractivity contribution in [2.75, 3.05) is 10.5 Å². The lowest BCUT2D eigenvalue weighted by Crippen LogP contribution is -2.18. The summed E-state index contributed by atoms with van der Waals surface area (Å²) in [5.41, 5.74) is 0. The van der Waals surface area contributed by atoms with Crippen LogP contribution in [0, 0.1) is 0 Å². The highest BCUT2D eigenvalue weighted by molar-refractivity contribution is 7.92. The number of anilines is 1. The summed E-state index contributed by atoms with van der Waals surface area (Å²) in [6.07, 6.45) is 2.15. The van der Waals surface area contributed by atoms with E-state index in [1.165, 1.54) is 4.68 Å². The number of sulfonamides is 1. The standard InChI is InChI=1S/C7H13N3O2S/c1-3-6-13(11,12)9-7-4-5-8-10(7)2/h4-5,9H,3,6H2,1-2H3. The summed E-state index contributed by atoms with van der Waals surface area (Å²) in [7, 11) is -1.50. The zero-order valence-corrected chi connectivity index (χ0v) is 8.50. The molecule has 0 saturated carbocycles. The zero-order valence-electron chi connectivity index (χ0n) is 7.69. The number of hydrogen-bond donors (Lipinski definition) is 1. The monoisotopic (exact) mass is 203 g/mol. The first kappa shape index (κ1) is 10.0. The third kappa shape index (κ3) is 2.73. The number of nitrogens with one attached hydrogen (secondary N) is 1. The maximum atomic E-state index is 11.3. The Hall–Kier alpha value is -1.04. The Morgan fingerprint density at radius 3 is 2.77 bits per heavy atom. The minimum absolute atomic E-state index is 0.137. The van der Waals surface area contributed by atoms with Crippen LogP contribution in [-0.4, -0.2) is 24.0 Å². The number of nitrogens with zero attached hydrogens (tertiary/aromatic N) is 2. The van der Waals surface area contributed by atoms with Crippen LogP contribution in [0.5, 0.6) is 0 Å². The molecule has 0 spiro atoms. The predicted molar refractivity (Wildman–Crippen MR) is 50.9 cm³/mol. The van der Waals surface area contributed by atoms with E-state index in [9.17, 15) is 8.42 Å². The van der Waals surface area contributed by atoms with Crippen LogP contribution in [0.4, 0.5) is 5.82 Å². The average Bonchev–Trinajstić information content (AvgIpc) is 2.35. The van der Waals surface area contributed by atoms with Crippen LogP contribution in [-0.2, 0) is 17.1 Å². The van der Waals surface area contributed by atoms with Gasteiger partial charge >= 0.3 is 0 Å². The lowest BCUT2D eigenvalue weighted by Gasteiger charge is -2.05. The number of aryl methyl sites for hydroxylation is 1. The molecule has 1 heterocycles. The normalized spacial score (nSPS) is 11.5. The fourth-order valence-corrected chi connectivity index (χ4v) is 2.11. The molecule has 0 amide bonds. The van der Waals surface area contributed by atoms with E-state index in [1.807, 2.05) is 6.92 Å². The molecular formula is C7H13N3O2S. The second-order valence-electron chi connectivity index (χ2n) is 2.76.